The van der Waals surface area contributed by atoms with Gasteiger partial charge in [0, 0.05) is 44.1 Å². The number of hydrogen-bond acceptors (Lipinski definition) is 5. The lowest BCUT2D eigenvalue weighted by Crippen LogP contribution is -2.36. The van der Waals surface area contributed by atoms with Gasteiger partial charge in [0.2, 0.25) is 5.91 Å². The van der Waals surface area contributed by atoms with E-state index in [0.29, 0.717) is 24.1 Å². The molecule has 4 rings (SSSR count). The number of carbonyl (C=O) groups is 1. The molecule has 1 saturated carbocycles. The highest BCUT2D eigenvalue weighted by molar-refractivity contribution is 5.87. The van der Waals surface area contributed by atoms with Gasteiger partial charge in [-0.25, -0.2) is 4.98 Å². The number of aromatic nitrogens is 2. The quantitative estimate of drug-likeness (QED) is 0.630. The molecule has 0 bridgehead atoms. The van der Waals surface area contributed by atoms with Crippen LogP contribution < -0.4 is 16.2 Å². The van der Waals surface area contributed by atoms with Crippen molar-refractivity contribution in [2.45, 2.75) is 25.3 Å². The van der Waals surface area contributed by atoms with Crippen molar-refractivity contribution < 1.29 is 4.79 Å². The van der Waals surface area contributed by atoms with Gasteiger partial charge in [0.05, 0.1) is 0 Å². The van der Waals surface area contributed by atoms with Gasteiger partial charge in [-0.15, -0.1) is 0 Å². The van der Waals surface area contributed by atoms with Crippen LogP contribution in [0.25, 0.3) is 11.1 Å². The molecule has 1 unspecified atom stereocenters. The third kappa shape index (κ3) is 4.18. The molecule has 0 radical (unpaired) electrons. The summed E-state index contributed by atoms with van der Waals surface area (Å²) in [5.74, 6) is 1.65. The van der Waals surface area contributed by atoms with Crippen LogP contribution in [0.2, 0.25) is 0 Å². The number of nitrogens with one attached hydrogen (secondary N) is 3. The van der Waals surface area contributed by atoms with E-state index < -0.39 is 0 Å². The zero-order chi connectivity index (χ0) is 20.4. The Bertz CT molecular complexity index is 966. The minimum absolute atomic E-state index is 0.0140. The zero-order valence-corrected chi connectivity index (χ0v) is 16.6. The summed E-state index contributed by atoms with van der Waals surface area (Å²) >= 11 is 0. The van der Waals surface area contributed by atoms with Crippen LogP contribution in [0.15, 0.2) is 48.0 Å². The molecule has 2 aromatic heterocycles. The van der Waals surface area contributed by atoms with Crippen molar-refractivity contribution in [2.24, 2.45) is 11.8 Å². The first-order valence-electron chi connectivity index (χ1n) is 10.1. The summed E-state index contributed by atoms with van der Waals surface area (Å²) in [5, 5.41) is 6.56. The Morgan fingerprint density at radius 2 is 2.14 bits per heavy atom. The molecule has 0 spiro atoms. The summed E-state index contributed by atoms with van der Waals surface area (Å²) in [6, 6.07) is 5.97. The smallest absolute Gasteiger partial charge is 0.271 e. The fraction of sp³-hybridized carbons (Fsp3) is 0.409. The Balaban J connectivity index is 1.56. The maximum Gasteiger partial charge on any atom is 0.271 e. The van der Waals surface area contributed by atoms with Gasteiger partial charge >= 0.3 is 0 Å². The van der Waals surface area contributed by atoms with Crippen LogP contribution in [-0.4, -0.2) is 47.0 Å². The van der Waals surface area contributed by atoms with Crippen molar-refractivity contribution in [1.82, 2.24) is 14.9 Å². The summed E-state index contributed by atoms with van der Waals surface area (Å²) in [6.45, 7) is 5.06. The van der Waals surface area contributed by atoms with Gasteiger partial charge in [0.25, 0.3) is 5.56 Å². The number of rotatable bonds is 7. The number of carbonyl (C=O) groups excluding carboxylic acids is 1. The van der Waals surface area contributed by atoms with Gasteiger partial charge < -0.3 is 20.5 Å². The fourth-order valence-corrected chi connectivity index (χ4v) is 4.17. The Kier molecular flexibility index (Phi) is 5.38. The number of H-pyrrole nitrogens is 1. The molecule has 7 nitrogen and oxygen atoms in total. The molecule has 3 N–H and O–H groups in total. The molecule has 1 amide bonds. The second-order valence-electron chi connectivity index (χ2n) is 7.86. The molecule has 1 aliphatic carbocycles. The minimum atomic E-state index is -0.126. The van der Waals surface area contributed by atoms with Crippen LogP contribution in [0.1, 0.15) is 19.3 Å². The van der Waals surface area contributed by atoms with E-state index in [-0.39, 0.29) is 17.5 Å². The largest absolute Gasteiger partial charge is 0.377 e. The number of pyridine rings is 2. The van der Waals surface area contributed by atoms with Gasteiger partial charge in [-0.3, -0.25) is 9.59 Å². The Morgan fingerprint density at radius 3 is 2.86 bits per heavy atom. The summed E-state index contributed by atoms with van der Waals surface area (Å²) < 4.78 is 0. The highest BCUT2D eigenvalue weighted by atomic mass is 16.2. The van der Waals surface area contributed by atoms with Crippen molar-refractivity contribution in [3.8, 4) is 11.1 Å². The lowest BCUT2D eigenvalue weighted by Gasteiger charge is -2.26. The normalized spacial score (nSPS) is 19.6. The first-order valence-corrected chi connectivity index (χ1v) is 10.1. The molecule has 7 heteroatoms. The van der Waals surface area contributed by atoms with Crippen LogP contribution in [0, 0.1) is 11.8 Å². The first-order chi connectivity index (χ1) is 14.1. The molecule has 2 atom stereocenters. The second-order valence-corrected chi connectivity index (χ2v) is 7.86. The lowest BCUT2D eigenvalue weighted by molar-refractivity contribution is -0.125. The van der Waals surface area contributed by atoms with E-state index in [0.717, 1.165) is 42.8 Å². The maximum atomic E-state index is 12.5. The highest BCUT2D eigenvalue weighted by Crippen LogP contribution is 2.40. The number of anilines is 2. The minimum Gasteiger partial charge on any atom is -0.377 e. The molecule has 1 saturated heterocycles. The van der Waals surface area contributed by atoms with Gasteiger partial charge in [-0.1, -0.05) is 6.58 Å². The highest BCUT2D eigenvalue weighted by Gasteiger charge is 2.40. The van der Waals surface area contributed by atoms with Gasteiger partial charge in [0.15, 0.2) is 0 Å². The van der Waals surface area contributed by atoms with E-state index in [4.69, 9.17) is 0 Å². The first kappa shape index (κ1) is 19.2. The van der Waals surface area contributed by atoms with Crippen LogP contribution in [0.3, 0.4) is 0 Å². The van der Waals surface area contributed by atoms with Crippen molar-refractivity contribution in [3.63, 3.8) is 0 Å². The lowest BCUT2D eigenvalue weighted by atomic mass is 9.94. The molecule has 1 aliphatic heterocycles. The predicted molar refractivity (Wildman–Crippen MR) is 115 cm³/mol. The monoisotopic (exact) mass is 393 g/mol. The average molecular weight is 393 g/mol. The summed E-state index contributed by atoms with van der Waals surface area (Å²) in [5.41, 5.74) is 2.36. The number of amides is 1. The van der Waals surface area contributed by atoms with Crippen LogP contribution >= 0.6 is 0 Å². The SMILES string of the molecule is C=CC(=O)N1CCC([C@@H](Nc2cc(-c3ccnc(NC)c3)c[nH]c2=O)C2CC2)C1. The van der Waals surface area contributed by atoms with Gasteiger partial charge in [-0.05, 0) is 60.9 Å². The molecular weight excluding hydrogens is 366 g/mol. The van der Waals surface area contributed by atoms with Crippen molar-refractivity contribution >= 4 is 17.4 Å². The van der Waals surface area contributed by atoms with Crippen LogP contribution in [-0.2, 0) is 4.79 Å². The number of aromatic amines is 1. The molecular formula is C22H27N5O2. The maximum absolute atomic E-state index is 12.5. The number of likely N-dealkylation sites (tertiary alicyclic amines) is 1. The average Bonchev–Trinajstić information content (AvgIpc) is 3.48. The van der Waals surface area contributed by atoms with Crippen LogP contribution in [0.4, 0.5) is 11.5 Å². The van der Waals surface area contributed by atoms with E-state index in [1.165, 1.54) is 6.08 Å². The van der Waals surface area contributed by atoms with E-state index in [1.807, 2.05) is 30.1 Å². The van der Waals surface area contributed by atoms with E-state index in [1.54, 1.807) is 12.4 Å². The topological polar surface area (TPSA) is 90.1 Å². The predicted octanol–water partition coefficient (Wildman–Crippen LogP) is 2.70. The molecule has 152 valence electrons. The molecule has 2 aliphatic rings. The summed E-state index contributed by atoms with van der Waals surface area (Å²) in [4.78, 5) is 33.4. The molecule has 2 aromatic rings. The fourth-order valence-electron chi connectivity index (χ4n) is 4.17. The standard InChI is InChI=1S/C22H27N5O2/c1-3-20(28)27-9-7-16(13-27)21(14-4-5-14)26-18-10-17(12-25-22(18)29)15-6-8-24-19(11-15)23-2/h3,6,8,10-12,14,16,21,26H,1,4-5,7,9,13H2,2H3,(H,23,24)(H,25,29)/t16?,21-/m0/s1. The molecule has 0 aromatic carbocycles. The van der Waals surface area contributed by atoms with Crippen molar-refractivity contribution in [3.05, 3.63) is 53.6 Å². The van der Waals surface area contributed by atoms with Crippen LogP contribution in [0.5, 0.6) is 0 Å². The van der Waals surface area contributed by atoms with E-state index in [9.17, 15) is 9.59 Å². The Morgan fingerprint density at radius 1 is 1.31 bits per heavy atom. The van der Waals surface area contributed by atoms with Gasteiger partial charge in [0.1, 0.15) is 11.5 Å². The number of hydrogen-bond donors (Lipinski definition) is 3. The van der Waals surface area contributed by atoms with Gasteiger partial charge in [-0.2, -0.15) is 0 Å². The molecule has 2 fully saturated rings. The molecule has 3 heterocycles. The molecule has 29 heavy (non-hydrogen) atoms. The van der Waals surface area contributed by atoms with Crippen molar-refractivity contribution in [2.75, 3.05) is 30.8 Å². The van der Waals surface area contributed by atoms with E-state index in [2.05, 4.69) is 27.2 Å². The van der Waals surface area contributed by atoms with Crippen molar-refractivity contribution in [1.29, 1.82) is 0 Å². The summed E-state index contributed by atoms with van der Waals surface area (Å²) in [6.07, 6.45) is 8.13. The van der Waals surface area contributed by atoms with E-state index >= 15 is 0 Å². The zero-order valence-electron chi connectivity index (χ0n) is 16.6. The Labute approximate surface area is 170 Å². The Hall–Kier alpha value is -3.09. The third-order valence-corrected chi connectivity index (χ3v) is 5.92. The second kappa shape index (κ2) is 8.11. The third-order valence-electron chi connectivity index (χ3n) is 5.92. The summed E-state index contributed by atoms with van der Waals surface area (Å²) in [7, 11) is 1.83. The number of nitrogens with zero attached hydrogens (tertiary/aromatic N) is 2.